The Hall–Kier alpha value is -3.93. The fourth-order valence-corrected chi connectivity index (χ4v) is 3.86. The van der Waals surface area contributed by atoms with E-state index in [0.29, 0.717) is 18.8 Å². The van der Waals surface area contributed by atoms with Crippen LogP contribution >= 0.6 is 0 Å². The number of fused-ring (bicyclic) bond motifs is 1. The van der Waals surface area contributed by atoms with E-state index in [2.05, 4.69) is 17.2 Å². The van der Waals surface area contributed by atoms with Gasteiger partial charge in [-0.25, -0.2) is 0 Å². The number of hydrogen-bond donors (Lipinski definition) is 1. The maximum Gasteiger partial charge on any atom is 0.269 e. The second kappa shape index (κ2) is 11.3. The molecule has 0 fully saturated rings. The lowest BCUT2D eigenvalue weighted by molar-refractivity contribution is -0.117. The van der Waals surface area contributed by atoms with Crippen LogP contribution in [0.1, 0.15) is 37.3 Å². The topological polar surface area (TPSA) is 76.2 Å². The number of aromatic hydroxyl groups is 1. The average Bonchev–Trinajstić information content (AvgIpc) is 3.13. The fourth-order valence-electron chi connectivity index (χ4n) is 3.86. The van der Waals surface area contributed by atoms with Gasteiger partial charge in [-0.15, -0.1) is 10.2 Å². The van der Waals surface area contributed by atoms with Gasteiger partial charge in [0, 0.05) is 5.39 Å². The van der Waals surface area contributed by atoms with Gasteiger partial charge in [0.15, 0.2) is 5.69 Å². The monoisotopic (exact) mass is 455 g/mol. The van der Waals surface area contributed by atoms with Crippen molar-refractivity contribution in [2.45, 2.75) is 39.2 Å². The van der Waals surface area contributed by atoms with Crippen molar-refractivity contribution in [3.05, 3.63) is 90.0 Å². The number of unbranched alkanes of at least 4 members (excludes halogenated alkanes) is 2. The zero-order chi connectivity index (χ0) is 23.8. The molecule has 0 unspecified atom stereocenters. The molecule has 0 spiro atoms. The van der Waals surface area contributed by atoms with Crippen LogP contribution in [0.25, 0.3) is 10.9 Å². The number of carbonyl (C=O) groups excluding carboxylic acids is 1. The molecule has 6 heteroatoms. The van der Waals surface area contributed by atoms with Gasteiger partial charge >= 0.3 is 0 Å². The molecule has 0 saturated heterocycles. The molecule has 1 heterocycles. The first-order valence-corrected chi connectivity index (χ1v) is 11.7. The zero-order valence-corrected chi connectivity index (χ0v) is 19.4. The van der Waals surface area contributed by atoms with Crippen molar-refractivity contribution in [1.82, 2.24) is 4.57 Å². The van der Waals surface area contributed by atoms with E-state index in [9.17, 15) is 9.90 Å². The Bertz CT molecular complexity index is 1260. The number of rotatable bonds is 10. The molecule has 1 aromatic heterocycles. The van der Waals surface area contributed by atoms with Gasteiger partial charge in [-0.1, -0.05) is 80.4 Å². The molecular weight excluding hydrogens is 426 g/mol. The Labute approximate surface area is 199 Å². The highest BCUT2D eigenvalue weighted by Crippen LogP contribution is 2.39. The highest BCUT2D eigenvalue weighted by Gasteiger charge is 2.17. The summed E-state index contributed by atoms with van der Waals surface area (Å²) in [5.41, 5.74) is 3.01. The molecule has 1 amide bonds. The minimum absolute atomic E-state index is 0.0163. The third kappa shape index (κ3) is 5.70. The second-order valence-corrected chi connectivity index (χ2v) is 8.23. The Balaban J connectivity index is 1.51. The van der Waals surface area contributed by atoms with Crippen molar-refractivity contribution in [2.24, 2.45) is 10.2 Å². The number of benzene rings is 3. The van der Waals surface area contributed by atoms with E-state index in [1.165, 1.54) is 6.42 Å². The van der Waals surface area contributed by atoms with Crippen LogP contribution in [0.5, 0.6) is 11.6 Å². The molecule has 3 aromatic carbocycles. The summed E-state index contributed by atoms with van der Waals surface area (Å²) in [5.74, 6) is 0.460. The summed E-state index contributed by atoms with van der Waals surface area (Å²) in [6, 6.07) is 24.9. The van der Waals surface area contributed by atoms with E-state index in [0.717, 1.165) is 40.6 Å². The molecular formula is C28H29N3O3. The van der Waals surface area contributed by atoms with E-state index in [1.54, 1.807) is 4.57 Å². The summed E-state index contributed by atoms with van der Waals surface area (Å²) >= 11 is 0. The van der Waals surface area contributed by atoms with Crippen LogP contribution < -0.4 is 4.74 Å². The van der Waals surface area contributed by atoms with Gasteiger partial charge in [-0.3, -0.25) is 4.79 Å². The Morgan fingerprint density at radius 2 is 1.65 bits per heavy atom. The van der Waals surface area contributed by atoms with Crippen molar-refractivity contribution >= 4 is 22.5 Å². The predicted molar refractivity (Wildman–Crippen MR) is 134 cm³/mol. The smallest absolute Gasteiger partial charge is 0.269 e. The van der Waals surface area contributed by atoms with E-state index >= 15 is 0 Å². The van der Waals surface area contributed by atoms with Crippen LogP contribution in [0, 0.1) is 0 Å². The van der Waals surface area contributed by atoms with Gasteiger partial charge < -0.3 is 14.4 Å². The quantitative estimate of drug-likeness (QED) is 0.211. The SMILES string of the molecule is CCCCCOc1ccc(Cn2c(O)c(N=NC(=O)Cc3ccccc3)c3ccccc32)cc1. The second-order valence-electron chi connectivity index (χ2n) is 8.23. The third-order valence-corrected chi connectivity index (χ3v) is 5.66. The number of para-hydroxylation sites is 1. The van der Waals surface area contributed by atoms with Crippen molar-refractivity contribution < 1.29 is 14.6 Å². The number of carbonyl (C=O) groups is 1. The number of ether oxygens (including phenoxy) is 1. The lowest BCUT2D eigenvalue weighted by atomic mass is 10.1. The van der Waals surface area contributed by atoms with Gasteiger partial charge in [-0.05, 0) is 35.7 Å². The summed E-state index contributed by atoms with van der Waals surface area (Å²) < 4.78 is 7.57. The van der Waals surface area contributed by atoms with Crippen molar-refractivity contribution in [1.29, 1.82) is 0 Å². The number of aromatic nitrogens is 1. The van der Waals surface area contributed by atoms with Crippen LogP contribution in [-0.4, -0.2) is 22.2 Å². The minimum Gasteiger partial charge on any atom is -0.494 e. The van der Waals surface area contributed by atoms with Crippen LogP contribution in [-0.2, 0) is 17.8 Å². The predicted octanol–water partition coefficient (Wildman–Crippen LogP) is 6.82. The first-order valence-electron chi connectivity index (χ1n) is 11.7. The van der Waals surface area contributed by atoms with Crippen LogP contribution in [0.2, 0.25) is 0 Å². The zero-order valence-electron chi connectivity index (χ0n) is 19.4. The Morgan fingerprint density at radius 1 is 0.912 bits per heavy atom. The standard InChI is InChI=1S/C28H29N3O3/c1-2-3-9-18-34-23-16-14-22(15-17-23)20-31-25-13-8-7-12-24(25)27(28(31)33)30-29-26(32)19-21-10-5-4-6-11-21/h4-8,10-17,33H,2-3,9,18-20H2,1H3. The number of hydrogen-bond acceptors (Lipinski definition) is 4. The normalized spacial score (nSPS) is 11.3. The highest BCUT2D eigenvalue weighted by atomic mass is 16.5. The van der Waals surface area contributed by atoms with Gasteiger partial charge in [-0.2, -0.15) is 0 Å². The number of azo groups is 1. The summed E-state index contributed by atoms with van der Waals surface area (Å²) in [6.07, 6.45) is 3.54. The van der Waals surface area contributed by atoms with E-state index < -0.39 is 0 Å². The molecule has 0 saturated carbocycles. The summed E-state index contributed by atoms with van der Waals surface area (Å²) in [4.78, 5) is 12.3. The lowest BCUT2D eigenvalue weighted by Crippen LogP contribution is -2.00. The first-order chi connectivity index (χ1) is 16.7. The molecule has 34 heavy (non-hydrogen) atoms. The molecule has 0 aliphatic carbocycles. The molecule has 0 aliphatic heterocycles. The number of nitrogens with zero attached hydrogens (tertiary/aromatic N) is 3. The third-order valence-electron chi connectivity index (χ3n) is 5.66. The molecule has 0 atom stereocenters. The Kier molecular flexibility index (Phi) is 7.71. The van der Waals surface area contributed by atoms with E-state index in [-0.39, 0.29) is 18.2 Å². The molecule has 6 nitrogen and oxygen atoms in total. The van der Waals surface area contributed by atoms with Crippen LogP contribution in [0.15, 0.2) is 89.1 Å². The summed E-state index contributed by atoms with van der Waals surface area (Å²) in [7, 11) is 0. The summed E-state index contributed by atoms with van der Waals surface area (Å²) in [6.45, 7) is 3.34. The minimum atomic E-state index is -0.364. The Morgan fingerprint density at radius 3 is 2.41 bits per heavy atom. The molecule has 174 valence electrons. The fraction of sp³-hybridized carbons (Fsp3) is 0.250. The lowest BCUT2D eigenvalue weighted by Gasteiger charge is -2.09. The average molecular weight is 456 g/mol. The molecule has 0 radical (unpaired) electrons. The van der Waals surface area contributed by atoms with Gasteiger partial charge in [0.1, 0.15) is 5.75 Å². The molecule has 4 aromatic rings. The van der Waals surface area contributed by atoms with E-state index in [1.807, 2.05) is 78.9 Å². The molecule has 1 N–H and O–H groups in total. The molecule has 0 bridgehead atoms. The van der Waals surface area contributed by atoms with Gasteiger partial charge in [0.05, 0.1) is 25.1 Å². The molecule has 4 rings (SSSR count). The largest absolute Gasteiger partial charge is 0.494 e. The van der Waals surface area contributed by atoms with Crippen molar-refractivity contribution in [3.63, 3.8) is 0 Å². The first kappa shape index (κ1) is 23.2. The highest BCUT2D eigenvalue weighted by molar-refractivity contribution is 5.95. The maximum absolute atomic E-state index is 12.3. The van der Waals surface area contributed by atoms with Crippen molar-refractivity contribution in [2.75, 3.05) is 6.61 Å². The van der Waals surface area contributed by atoms with Crippen LogP contribution in [0.4, 0.5) is 5.69 Å². The van der Waals surface area contributed by atoms with Crippen molar-refractivity contribution in [3.8, 4) is 11.6 Å². The van der Waals surface area contributed by atoms with E-state index in [4.69, 9.17) is 4.74 Å². The molecule has 0 aliphatic rings. The summed E-state index contributed by atoms with van der Waals surface area (Å²) in [5, 5.41) is 19.7. The van der Waals surface area contributed by atoms with Crippen LogP contribution in [0.3, 0.4) is 0 Å². The maximum atomic E-state index is 12.3. The van der Waals surface area contributed by atoms with Gasteiger partial charge in [0.2, 0.25) is 5.88 Å². The number of amides is 1. The van der Waals surface area contributed by atoms with Gasteiger partial charge in [0.25, 0.3) is 5.91 Å².